The average molecular weight is 707 g/mol. The van der Waals surface area contributed by atoms with Crippen molar-refractivity contribution in [2.45, 2.75) is 139 Å². The highest BCUT2D eigenvalue weighted by Gasteiger charge is 2.52. The normalized spacial score (nSPS) is 29.0. The maximum atomic E-state index is 13.0. The first-order valence-corrected chi connectivity index (χ1v) is 18.8. The largest absolute Gasteiger partial charge is 0.463 e. The van der Waals surface area contributed by atoms with Gasteiger partial charge in [0, 0.05) is 25.4 Å². The molecule has 4 rings (SSSR count). The number of fused-ring (bicyclic) bond motifs is 1. The van der Waals surface area contributed by atoms with Crippen LogP contribution in [-0.2, 0) is 57.1 Å². The fraction of sp³-hybridized carbons (Fsp3) is 0.789. The minimum atomic E-state index is -0.507. The minimum Gasteiger partial charge on any atom is -0.463 e. The van der Waals surface area contributed by atoms with E-state index in [4.69, 9.17) is 37.9 Å². The van der Waals surface area contributed by atoms with Gasteiger partial charge in [-0.2, -0.15) is 0 Å². The molecule has 0 radical (unpaired) electrons. The zero-order valence-corrected chi connectivity index (χ0v) is 29.6. The van der Waals surface area contributed by atoms with Crippen molar-refractivity contribution in [3.05, 3.63) is 25.3 Å². The van der Waals surface area contributed by atoms with Crippen molar-refractivity contribution in [1.82, 2.24) is 0 Å². The lowest BCUT2D eigenvalue weighted by molar-refractivity contribution is -0.162. The van der Waals surface area contributed by atoms with Gasteiger partial charge in [-0.15, -0.1) is 0 Å². The zero-order valence-electron chi connectivity index (χ0n) is 29.6. The van der Waals surface area contributed by atoms with E-state index < -0.39 is 24.4 Å². The molecule has 282 valence electrons. The molecule has 2 saturated carbocycles. The minimum absolute atomic E-state index is 0.160. The van der Waals surface area contributed by atoms with E-state index in [1.54, 1.807) is 0 Å². The quantitative estimate of drug-likeness (QED) is 0.0621. The molecule has 0 amide bonds. The van der Waals surface area contributed by atoms with Crippen molar-refractivity contribution in [3.8, 4) is 0 Å². The van der Waals surface area contributed by atoms with Gasteiger partial charge < -0.3 is 37.9 Å². The molecule has 12 nitrogen and oxygen atoms in total. The van der Waals surface area contributed by atoms with Crippen LogP contribution in [0.15, 0.2) is 25.3 Å². The lowest BCUT2D eigenvalue weighted by Gasteiger charge is -2.28. The van der Waals surface area contributed by atoms with Gasteiger partial charge in [-0.1, -0.05) is 26.0 Å². The summed E-state index contributed by atoms with van der Waals surface area (Å²) in [5.74, 6) is -1.53. The Labute approximate surface area is 296 Å². The molecule has 4 fully saturated rings. The molecule has 4 aliphatic rings. The van der Waals surface area contributed by atoms with Crippen LogP contribution in [0.25, 0.3) is 0 Å². The first-order chi connectivity index (χ1) is 24.4. The predicted octanol–water partition coefficient (Wildman–Crippen LogP) is 5.34. The summed E-state index contributed by atoms with van der Waals surface area (Å²) in [7, 11) is 0. The van der Waals surface area contributed by atoms with Crippen molar-refractivity contribution >= 4 is 23.9 Å². The Bertz CT molecular complexity index is 994. The van der Waals surface area contributed by atoms with E-state index in [9.17, 15) is 19.2 Å². The number of carbonyl (C=O) groups is 4. The number of carbonyl (C=O) groups excluding carboxylic acids is 4. The Morgan fingerprint density at radius 3 is 1.24 bits per heavy atom. The molecule has 0 spiro atoms. The van der Waals surface area contributed by atoms with Crippen molar-refractivity contribution in [1.29, 1.82) is 0 Å². The van der Waals surface area contributed by atoms with Gasteiger partial charge in [0.05, 0.1) is 50.5 Å². The topological polar surface area (TPSA) is 142 Å². The number of ether oxygens (including phenoxy) is 8. The third-order valence-electron chi connectivity index (χ3n) is 10.1. The van der Waals surface area contributed by atoms with E-state index in [0.29, 0.717) is 26.4 Å². The average Bonchev–Trinajstić information content (AvgIpc) is 3.73. The third-order valence-corrected chi connectivity index (χ3v) is 10.1. The van der Waals surface area contributed by atoms with Crippen LogP contribution in [0.2, 0.25) is 0 Å². The van der Waals surface area contributed by atoms with Crippen molar-refractivity contribution < 1.29 is 57.1 Å². The molecule has 50 heavy (non-hydrogen) atoms. The SMILES string of the molecule is C=CC(=O)OCCCCCCOC1CCC(C(=O)OC2CO[C@H]3[C@H](OC(=O)C4CCC(OCCCCCCOC(=O)C=C)CC4)CO[C@@H]23)CC1. The van der Waals surface area contributed by atoms with Crippen LogP contribution in [0.5, 0.6) is 0 Å². The fourth-order valence-electron chi connectivity index (χ4n) is 7.13. The molecule has 0 aromatic rings. The second-order valence-electron chi connectivity index (χ2n) is 13.8. The number of rotatable bonds is 22. The number of hydrogen-bond donors (Lipinski definition) is 0. The van der Waals surface area contributed by atoms with Crippen LogP contribution >= 0.6 is 0 Å². The summed E-state index contributed by atoms with van der Waals surface area (Å²) in [6, 6.07) is 0. The van der Waals surface area contributed by atoms with Gasteiger partial charge in [-0.05, 0) is 89.9 Å². The second kappa shape index (κ2) is 22.2. The van der Waals surface area contributed by atoms with Crippen molar-refractivity contribution in [3.63, 3.8) is 0 Å². The Morgan fingerprint density at radius 1 is 0.520 bits per heavy atom. The van der Waals surface area contributed by atoms with Crippen LogP contribution < -0.4 is 0 Å². The summed E-state index contributed by atoms with van der Waals surface area (Å²) in [4.78, 5) is 48.2. The van der Waals surface area contributed by atoms with E-state index in [0.717, 1.165) is 103 Å². The standard InChI is InChI=1S/C38H58O12/c1-3-33(39)45-23-11-7-5-9-21-43-29-17-13-27(14-18-29)37(41)49-31-25-47-36-32(26-48-35(31)36)50-38(42)28-15-19-30(20-16-28)44-22-10-6-8-12-24-46-34(40)4-2/h3-4,27-32,35-36H,1-2,5-26H2/t27?,28?,29?,30?,31-,32?,35+,36+/m1/s1. The molecule has 0 bridgehead atoms. The Balaban J connectivity index is 1.02. The Kier molecular flexibility index (Phi) is 17.8. The van der Waals surface area contributed by atoms with Gasteiger partial charge >= 0.3 is 23.9 Å². The van der Waals surface area contributed by atoms with Gasteiger partial charge in [-0.25, -0.2) is 9.59 Å². The van der Waals surface area contributed by atoms with E-state index in [2.05, 4.69) is 13.2 Å². The van der Waals surface area contributed by atoms with Gasteiger partial charge in [0.1, 0.15) is 12.2 Å². The monoisotopic (exact) mass is 706 g/mol. The van der Waals surface area contributed by atoms with Gasteiger partial charge in [0.2, 0.25) is 0 Å². The number of unbranched alkanes of at least 4 members (excludes halogenated alkanes) is 6. The van der Waals surface area contributed by atoms with E-state index >= 15 is 0 Å². The second-order valence-corrected chi connectivity index (χ2v) is 13.8. The first kappa shape index (κ1) is 40.0. The van der Waals surface area contributed by atoms with E-state index in [-0.39, 0.29) is 61.1 Å². The molecule has 1 unspecified atom stereocenters. The third kappa shape index (κ3) is 13.4. The highest BCUT2D eigenvalue weighted by molar-refractivity contribution is 5.81. The van der Waals surface area contributed by atoms with Crippen LogP contribution in [0, 0.1) is 11.8 Å². The zero-order chi connectivity index (χ0) is 35.6. The highest BCUT2D eigenvalue weighted by Crippen LogP contribution is 2.35. The van der Waals surface area contributed by atoms with E-state index in [1.807, 2.05) is 0 Å². The molecule has 0 aromatic heterocycles. The number of hydrogen-bond acceptors (Lipinski definition) is 12. The lowest BCUT2D eigenvalue weighted by atomic mass is 9.87. The van der Waals surface area contributed by atoms with E-state index in [1.165, 1.54) is 12.2 Å². The molecule has 0 aromatic carbocycles. The molecule has 2 aliphatic heterocycles. The predicted molar refractivity (Wildman–Crippen MR) is 182 cm³/mol. The summed E-state index contributed by atoms with van der Waals surface area (Å²) in [6.45, 7) is 9.44. The lowest BCUT2D eigenvalue weighted by Crippen LogP contribution is -2.38. The molecule has 2 saturated heterocycles. The van der Waals surface area contributed by atoms with Crippen LogP contribution in [0.1, 0.15) is 103 Å². The van der Waals surface area contributed by atoms with Gasteiger partial charge in [0.15, 0.2) is 12.2 Å². The fourth-order valence-corrected chi connectivity index (χ4v) is 7.13. The smallest absolute Gasteiger partial charge is 0.330 e. The highest BCUT2D eigenvalue weighted by atomic mass is 16.7. The molecule has 0 N–H and O–H groups in total. The van der Waals surface area contributed by atoms with Crippen LogP contribution in [0.3, 0.4) is 0 Å². The number of esters is 4. The summed E-state index contributed by atoms with van der Waals surface area (Å²) in [5, 5.41) is 0. The molecule has 12 heteroatoms. The summed E-state index contributed by atoms with van der Waals surface area (Å²) in [5.41, 5.74) is 0. The summed E-state index contributed by atoms with van der Waals surface area (Å²) in [6.07, 6.45) is 14.6. The van der Waals surface area contributed by atoms with Crippen LogP contribution in [0.4, 0.5) is 0 Å². The Morgan fingerprint density at radius 2 is 0.880 bits per heavy atom. The maximum absolute atomic E-state index is 13.0. The first-order valence-electron chi connectivity index (χ1n) is 18.8. The van der Waals surface area contributed by atoms with Crippen molar-refractivity contribution in [2.24, 2.45) is 11.8 Å². The van der Waals surface area contributed by atoms with Crippen molar-refractivity contribution in [2.75, 3.05) is 39.6 Å². The molecule has 4 atom stereocenters. The van der Waals surface area contributed by atoms with Gasteiger partial charge in [0.25, 0.3) is 0 Å². The molecule has 2 heterocycles. The van der Waals surface area contributed by atoms with Gasteiger partial charge in [-0.3, -0.25) is 9.59 Å². The molecular weight excluding hydrogens is 648 g/mol. The molecular formula is C38H58O12. The van der Waals surface area contributed by atoms with Crippen LogP contribution in [-0.4, -0.2) is 100 Å². The molecule has 2 aliphatic carbocycles. The summed E-state index contributed by atoms with van der Waals surface area (Å²) >= 11 is 0. The maximum Gasteiger partial charge on any atom is 0.330 e. The summed E-state index contributed by atoms with van der Waals surface area (Å²) < 4.78 is 45.7. The Hall–Kier alpha value is -2.80.